The van der Waals surface area contributed by atoms with E-state index in [1.165, 1.54) is 199 Å². The molecule has 87 heavy (non-hydrogen) atoms. The smallest absolute Gasteiger partial charge is 0.0593 e. The minimum atomic E-state index is -0.0136. The van der Waals surface area contributed by atoms with Crippen molar-refractivity contribution in [1.29, 1.82) is 0 Å². The molecule has 8 aliphatic rings. The molecule has 0 bridgehead atoms. The predicted molar refractivity (Wildman–Crippen MR) is 375 cm³/mol. The Kier molecular flexibility index (Phi) is 48.0. The van der Waals surface area contributed by atoms with Gasteiger partial charge < -0.3 is 40.9 Å². The van der Waals surface area contributed by atoms with Crippen LogP contribution in [-0.2, 0) is 0 Å². The quantitative estimate of drug-likeness (QED) is 0.0804. The fourth-order valence-corrected chi connectivity index (χ4v) is 17.0. The highest BCUT2D eigenvalue weighted by Gasteiger charge is 2.32. The first kappa shape index (κ1) is 84.7. The van der Waals surface area contributed by atoms with E-state index in [9.17, 15) is 40.9 Å². The summed E-state index contributed by atoms with van der Waals surface area (Å²) in [5.41, 5.74) is 0.541. The summed E-state index contributed by atoms with van der Waals surface area (Å²) in [5.74, 6) is 9.62. The maximum Gasteiger partial charge on any atom is 0.0593 e. The first-order valence-electron chi connectivity index (χ1n) is 38.8. The number of hydrogen-bond donors (Lipinski definition) is 8. The van der Waals surface area contributed by atoms with Gasteiger partial charge in [-0.3, -0.25) is 0 Å². The Labute approximate surface area is 543 Å². The van der Waals surface area contributed by atoms with Crippen LogP contribution in [0.1, 0.15) is 368 Å². The molecule has 8 N–H and O–H groups in total. The van der Waals surface area contributed by atoms with E-state index >= 15 is 0 Å². The van der Waals surface area contributed by atoms with Gasteiger partial charge in [-0.1, -0.05) is 233 Å². The topological polar surface area (TPSA) is 162 Å². The lowest BCUT2D eigenvalue weighted by atomic mass is 9.73. The van der Waals surface area contributed by atoms with Gasteiger partial charge in [0.2, 0.25) is 0 Å². The highest BCUT2D eigenvalue weighted by atomic mass is 16.3. The van der Waals surface area contributed by atoms with Crippen LogP contribution < -0.4 is 0 Å². The van der Waals surface area contributed by atoms with Crippen LogP contribution in [0.5, 0.6) is 0 Å². The number of aliphatic hydroxyl groups excluding tert-OH is 8. The Hall–Kier alpha value is -0.320. The van der Waals surface area contributed by atoms with Crippen LogP contribution in [0.25, 0.3) is 0 Å². The zero-order valence-electron chi connectivity index (χ0n) is 61.1. The van der Waals surface area contributed by atoms with Crippen molar-refractivity contribution in [2.75, 3.05) is 0 Å². The molecule has 0 aromatic rings. The van der Waals surface area contributed by atoms with E-state index in [1.54, 1.807) is 0 Å². The molecule has 0 aliphatic heterocycles. The molecule has 0 amide bonds. The summed E-state index contributed by atoms with van der Waals surface area (Å²) in [6.07, 6.45) is 48.6. The third kappa shape index (κ3) is 36.2. The normalized spacial score (nSPS) is 39.3. The second-order valence-corrected chi connectivity index (χ2v) is 31.8. The van der Waals surface area contributed by atoms with E-state index in [4.69, 9.17) is 0 Å². The predicted octanol–water partition coefficient (Wildman–Crippen LogP) is 20.4. The van der Waals surface area contributed by atoms with Gasteiger partial charge in [-0.2, -0.15) is 0 Å². The molecule has 21 unspecified atom stereocenters. The monoisotopic (exact) mass is 1240 g/mol. The summed E-state index contributed by atoms with van der Waals surface area (Å²) in [4.78, 5) is 0. The largest absolute Gasteiger partial charge is 0.393 e. The van der Waals surface area contributed by atoms with Crippen molar-refractivity contribution in [2.24, 2.45) is 88.3 Å². The molecule has 0 heterocycles. The van der Waals surface area contributed by atoms with Crippen LogP contribution in [0.15, 0.2) is 0 Å². The SMILES string of the molecule is CCC1(C)CCC(O)CC1.CCCC1C(C)CCCC1O.CCCC1CC(C)CC(O)C1.CCCC1CCC(C)C(O)C1.CCCC1CCC(O)C(C)C1.CCCC1CCC(O)C(C)C1.CCCC1CCCC(C)C1O.CCCC1CCCC(O)C1C. The lowest BCUT2D eigenvalue weighted by Gasteiger charge is -2.34. The summed E-state index contributed by atoms with van der Waals surface area (Å²) < 4.78 is 0. The molecule has 0 aromatic carbocycles. The van der Waals surface area contributed by atoms with Crippen molar-refractivity contribution in [2.45, 2.75) is 416 Å². The maximum atomic E-state index is 9.77. The molecule has 8 nitrogen and oxygen atoms in total. The molecular formula is C79H158O8. The Morgan fingerprint density at radius 2 is 0.747 bits per heavy atom. The third-order valence-electron chi connectivity index (χ3n) is 23.6. The molecule has 8 fully saturated rings. The van der Waals surface area contributed by atoms with E-state index in [2.05, 4.69) is 111 Å². The molecule has 8 rings (SSSR count). The van der Waals surface area contributed by atoms with E-state index in [-0.39, 0.29) is 48.8 Å². The molecular weight excluding hydrogens is 1080 g/mol. The Bertz CT molecular complexity index is 1430. The summed E-state index contributed by atoms with van der Waals surface area (Å²) in [6, 6.07) is 0. The fourth-order valence-electron chi connectivity index (χ4n) is 17.0. The summed E-state index contributed by atoms with van der Waals surface area (Å²) >= 11 is 0. The molecule has 8 saturated carbocycles. The summed E-state index contributed by atoms with van der Waals surface area (Å²) in [6.45, 7) is 35.6. The van der Waals surface area contributed by atoms with Crippen molar-refractivity contribution in [3.8, 4) is 0 Å². The van der Waals surface area contributed by atoms with Crippen molar-refractivity contribution in [3.05, 3.63) is 0 Å². The van der Waals surface area contributed by atoms with E-state index < -0.39 is 0 Å². The van der Waals surface area contributed by atoms with Crippen LogP contribution >= 0.6 is 0 Å². The van der Waals surface area contributed by atoms with Crippen LogP contribution in [-0.4, -0.2) is 89.7 Å². The zero-order chi connectivity index (χ0) is 65.5. The van der Waals surface area contributed by atoms with Crippen molar-refractivity contribution in [1.82, 2.24) is 0 Å². The summed E-state index contributed by atoms with van der Waals surface area (Å²) in [5, 5.41) is 76.2. The zero-order valence-corrected chi connectivity index (χ0v) is 61.1. The average Bonchev–Trinajstić information content (AvgIpc) is 3.70. The van der Waals surface area contributed by atoms with E-state index in [0.29, 0.717) is 46.8 Å². The highest BCUT2D eigenvalue weighted by molar-refractivity contribution is 4.84. The van der Waals surface area contributed by atoms with Gasteiger partial charge in [-0.15, -0.1) is 0 Å². The lowest BCUT2D eigenvalue weighted by molar-refractivity contribution is 0.0212. The van der Waals surface area contributed by atoms with Crippen LogP contribution in [0.4, 0.5) is 0 Å². The van der Waals surface area contributed by atoms with Gasteiger partial charge in [-0.25, -0.2) is 0 Å². The van der Waals surface area contributed by atoms with Crippen molar-refractivity contribution in [3.63, 3.8) is 0 Å². The molecule has 0 saturated heterocycles. The minimum Gasteiger partial charge on any atom is -0.393 e. The fraction of sp³-hybridized carbons (Fsp3) is 1.00. The Morgan fingerprint density at radius 1 is 0.310 bits per heavy atom. The molecule has 21 atom stereocenters. The summed E-state index contributed by atoms with van der Waals surface area (Å²) in [7, 11) is 0. The second kappa shape index (κ2) is 49.3. The highest BCUT2D eigenvalue weighted by Crippen LogP contribution is 2.40. The van der Waals surface area contributed by atoms with Gasteiger partial charge in [0, 0.05) is 0 Å². The standard InChI is InChI=1S/7C10H20O.C9H18O/c1-3-5-9-6-4-7-10(11)8(9)2;1-3-5-9-8(2)6-4-7-10(9)11;1-3-5-9-7-4-6-8(2)10(9)11;1-3-4-9-5-8(2)6-10(11)7-9;2*1-3-4-9-5-6-10(11)8(2)7-9;1-3-4-9-6-5-8(2)10(11)7-9;1-3-9(2)6-4-8(10)5-7-9/h7*8-11H,3-7H2,1-2H3;8,10H,3-7H2,1-2H3. The molecule has 0 radical (unpaired) electrons. The van der Waals surface area contributed by atoms with Crippen LogP contribution in [0.3, 0.4) is 0 Å². The molecule has 522 valence electrons. The van der Waals surface area contributed by atoms with Crippen molar-refractivity contribution >= 4 is 0 Å². The van der Waals surface area contributed by atoms with Crippen LogP contribution in [0.2, 0.25) is 0 Å². The maximum absolute atomic E-state index is 9.77. The number of hydrogen-bond acceptors (Lipinski definition) is 8. The van der Waals surface area contributed by atoms with Gasteiger partial charge in [0.15, 0.2) is 0 Å². The van der Waals surface area contributed by atoms with E-state index in [1.807, 2.05) is 0 Å². The van der Waals surface area contributed by atoms with Gasteiger partial charge in [0.25, 0.3) is 0 Å². The third-order valence-corrected chi connectivity index (χ3v) is 23.6. The molecule has 8 heteroatoms. The Morgan fingerprint density at radius 3 is 1.22 bits per heavy atom. The first-order chi connectivity index (χ1) is 41.3. The van der Waals surface area contributed by atoms with Gasteiger partial charge in [0.05, 0.1) is 48.8 Å². The minimum absolute atomic E-state index is 0.000347. The van der Waals surface area contributed by atoms with E-state index in [0.717, 1.165) is 99.2 Å². The number of aliphatic hydroxyl groups is 8. The number of rotatable bonds is 15. The molecule has 0 spiro atoms. The van der Waals surface area contributed by atoms with Crippen LogP contribution in [0, 0.1) is 88.3 Å². The van der Waals surface area contributed by atoms with Gasteiger partial charge >= 0.3 is 0 Å². The first-order valence-corrected chi connectivity index (χ1v) is 38.8. The molecule has 8 aliphatic carbocycles. The lowest BCUT2D eigenvalue weighted by Crippen LogP contribution is -2.31. The Balaban J connectivity index is 0.000000497. The van der Waals surface area contributed by atoms with Crippen molar-refractivity contribution < 1.29 is 40.9 Å². The van der Waals surface area contributed by atoms with Gasteiger partial charge in [0.1, 0.15) is 0 Å². The average molecular weight is 1240 g/mol. The van der Waals surface area contributed by atoms with Gasteiger partial charge in [-0.05, 0) is 223 Å². The molecule has 0 aromatic heterocycles. The second-order valence-electron chi connectivity index (χ2n) is 31.8.